The van der Waals surface area contributed by atoms with Gasteiger partial charge in [-0.1, -0.05) is 54.6 Å². The summed E-state index contributed by atoms with van der Waals surface area (Å²) in [6, 6.07) is 15.8. The van der Waals surface area contributed by atoms with Crippen molar-refractivity contribution < 1.29 is 23.9 Å². The fourth-order valence-corrected chi connectivity index (χ4v) is 5.15. The topological polar surface area (TPSA) is 84.9 Å². The fraction of sp³-hybridized carbons (Fsp3) is 0.464. The van der Waals surface area contributed by atoms with Crippen LogP contribution in [0.2, 0.25) is 0 Å². The second-order valence-corrected chi connectivity index (χ2v) is 9.34. The van der Waals surface area contributed by atoms with Crippen LogP contribution in [0.5, 0.6) is 0 Å². The van der Waals surface area contributed by atoms with Gasteiger partial charge >= 0.3 is 11.9 Å². The molecular formula is C28H34N2O5. The molecule has 35 heavy (non-hydrogen) atoms. The number of esters is 2. The molecule has 0 spiro atoms. The summed E-state index contributed by atoms with van der Waals surface area (Å²) in [6.45, 7) is 4.48. The largest absolute Gasteiger partial charge is 0.465 e. The molecule has 186 valence electrons. The van der Waals surface area contributed by atoms with Gasteiger partial charge in [0, 0.05) is 6.54 Å². The van der Waals surface area contributed by atoms with Crippen LogP contribution in [0.1, 0.15) is 43.4 Å². The highest BCUT2D eigenvalue weighted by molar-refractivity contribution is 5.88. The zero-order valence-electron chi connectivity index (χ0n) is 20.4. The lowest BCUT2D eigenvalue weighted by Gasteiger charge is -2.30. The number of likely N-dealkylation sites (tertiary alicyclic amines) is 1. The van der Waals surface area contributed by atoms with E-state index >= 15 is 0 Å². The van der Waals surface area contributed by atoms with Crippen LogP contribution in [0.25, 0.3) is 0 Å². The number of benzene rings is 2. The Morgan fingerprint density at radius 2 is 1.66 bits per heavy atom. The lowest BCUT2D eigenvalue weighted by Crippen LogP contribution is -2.55. The molecule has 1 fully saturated rings. The van der Waals surface area contributed by atoms with Crippen molar-refractivity contribution >= 4 is 17.8 Å². The number of carbonyl (C=O) groups is 3. The molecule has 3 unspecified atom stereocenters. The van der Waals surface area contributed by atoms with E-state index in [2.05, 4.69) is 17.4 Å². The minimum atomic E-state index is -0.643. The van der Waals surface area contributed by atoms with E-state index < -0.39 is 18.1 Å². The van der Waals surface area contributed by atoms with Gasteiger partial charge in [0.1, 0.15) is 18.7 Å². The number of amides is 1. The van der Waals surface area contributed by atoms with Gasteiger partial charge in [-0.15, -0.1) is 0 Å². The van der Waals surface area contributed by atoms with Crippen LogP contribution >= 0.6 is 0 Å². The van der Waals surface area contributed by atoms with E-state index in [4.69, 9.17) is 9.47 Å². The molecule has 1 amide bonds. The van der Waals surface area contributed by atoms with Gasteiger partial charge in [0.2, 0.25) is 5.91 Å². The lowest BCUT2D eigenvalue weighted by atomic mass is 9.95. The van der Waals surface area contributed by atoms with Gasteiger partial charge in [0.25, 0.3) is 0 Å². The first-order valence-corrected chi connectivity index (χ1v) is 12.5. The van der Waals surface area contributed by atoms with Crippen molar-refractivity contribution in [2.24, 2.45) is 5.92 Å². The maximum atomic E-state index is 13.4. The third kappa shape index (κ3) is 5.90. The Labute approximate surface area is 206 Å². The van der Waals surface area contributed by atoms with Crippen molar-refractivity contribution in [3.05, 3.63) is 71.3 Å². The van der Waals surface area contributed by atoms with E-state index in [1.165, 1.54) is 11.1 Å². The Morgan fingerprint density at radius 1 is 1.00 bits per heavy atom. The van der Waals surface area contributed by atoms with E-state index in [9.17, 15) is 14.4 Å². The highest BCUT2D eigenvalue weighted by atomic mass is 16.5. The SMILES string of the molecule is CCOC(=O)C(NC(C)C(=O)N1CCCC1C(=O)OCc1ccccc1)C1Cc2ccccc2C1. The van der Waals surface area contributed by atoms with Crippen molar-refractivity contribution in [3.8, 4) is 0 Å². The highest BCUT2D eigenvalue weighted by Gasteiger charge is 2.40. The molecule has 3 atom stereocenters. The first kappa shape index (κ1) is 24.9. The Hall–Kier alpha value is -3.19. The molecule has 4 rings (SSSR count). The molecule has 2 aromatic carbocycles. The normalized spacial score (nSPS) is 19.1. The summed E-state index contributed by atoms with van der Waals surface area (Å²) in [7, 11) is 0. The average molecular weight is 479 g/mol. The predicted octanol–water partition coefficient (Wildman–Crippen LogP) is 3.05. The molecule has 2 aromatic rings. The van der Waals surface area contributed by atoms with Gasteiger partial charge < -0.3 is 14.4 Å². The van der Waals surface area contributed by atoms with E-state index in [1.807, 2.05) is 42.5 Å². The third-order valence-corrected chi connectivity index (χ3v) is 6.93. The second kappa shape index (κ2) is 11.5. The molecule has 1 heterocycles. The quantitative estimate of drug-likeness (QED) is 0.558. The van der Waals surface area contributed by atoms with Crippen LogP contribution in [0, 0.1) is 5.92 Å². The predicted molar refractivity (Wildman–Crippen MR) is 131 cm³/mol. The third-order valence-electron chi connectivity index (χ3n) is 6.93. The Bertz CT molecular complexity index is 1020. The minimum absolute atomic E-state index is 0.00640. The zero-order valence-corrected chi connectivity index (χ0v) is 20.4. The lowest BCUT2D eigenvalue weighted by molar-refractivity contribution is -0.155. The maximum absolute atomic E-state index is 13.4. The fourth-order valence-electron chi connectivity index (χ4n) is 5.15. The first-order valence-electron chi connectivity index (χ1n) is 12.5. The van der Waals surface area contributed by atoms with E-state index in [0.717, 1.165) is 24.8 Å². The monoisotopic (exact) mass is 478 g/mol. The summed E-state index contributed by atoms with van der Waals surface area (Å²) in [6.07, 6.45) is 2.82. The molecule has 0 bridgehead atoms. The molecule has 1 N–H and O–H groups in total. The van der Waals surface area contributed by atoms with Crippen LogP contribution < -0.4 is 5.32 Å². The molecule has 2 aliphatic rings. The summed E-state index contributed by atoms with van der Waals surface area (Å²) in [4.78, 5) is 40.6. The van der Waals surface area contributed by atoms with E-state index in [0.29, 0.717) is 13.0 Å². The van der Waals surface area contributed by atoms with Crippen molar-refractivity contribution in [2.45, 2.75) is 64.3 Å². The number of nitrogens with one attached hydrogen (secondary N) is 1. The second-order valence-electron chi connectivity index (χ2n) is 9.34. The molecule has 1 aliphatic carbocycles. The maximum Gasteiger partial charge on any atom is 0.329 e. The molecule has 0 saturated carbocycles. The average Bonchev–Trinajstić information content (AvgIpc) is 3.53. The van der Waals surface area contributed by atoms with Gasteiger partial charge in [-0.05, 0) is 62.1 Å². The van der Waals surface area contributed by atoms with Crippen molar-refractivity contribution in [3.63, 3.8) is 0 Å². The molecule has 0 aromatic heterocycles. The summed E-state index contributed by atoms with van der Waals surface area (Å²) in [5.41, 5.74) is 3.36. The summed E-state index contributed by atoms with van der Waals surface area (Å²) < 4.78 is 10.9. The molecule has 7 heteroatoms. The van der Waals surface area contributed by atoms with Crippen LogP contribution in [0.4, 0.5) is 0 Å². The van der Waals surface area contributed by atoms with Gasteiger partial charge in [0.15, 0.2) is 0 Å². The summed E-state index contributed by atoms with van der Waals surface area (Å²) in [5, 5.41) is 3.25. The Kier molecular flexibility index (Phi) is 8.18. The highest BCUT2D eigenvalue weighted by Crippen LogP contribution is 2.30. The standard InChI is InChI=1S/C28H34N2O5/c1-3-34-28(33)25(23-16-21-12-7-8-13-22(21)17-23)29-19(2)26(31)30-15-9-14-24(30)27(32)35-18-20-10-5-4-6-11-20/h4-8,10-13,19,23-25,29H,3,9,14-18H2,1-2H3. The smallest absolute Gasteiger partial charge is 0.329 e. The number of nitrogens with zero attached hydrogens (tertiary/aromatic N) is 1. The molecule has 7 nitrogen and oxygen atoms in total. The van der Waals surface area contributed by atoms with Crippen molar-refractivity contribution in [1.82, 2.24) is 10.2 Å². The summed E-state index contributed by atoms with van der Waals surface area (Å²) in [5.74, 6) is -0.925. The Morgan fingerprint density at radius 3 is 2.31 bits per heavy atom. The molecule has 1 aliphatic heterocycles. The van der Waals surface area contributed by atoms with Crippen molar-refractivity contribution in [1.29, 1.82) is 0 Å². The van der Waals surface area contributed by atoms with Gasteiger partial charge in [-0.3, -0.25) is 14.9 Å². The van der Waals surface area contributed by atoms with Crippen LogP contribution in [-0.2, 0) is 43.3 Å². The number of rotatable bonds is 9. The number of hydrogen-bond donors (Lipinski definition) is 1. The molecule has 1 saturated heterocycles. The number of hydrogen-bond acceptors (Lipinski definition) is 6. The number of ether oxygens (including phenoxy) is 2. The first-order chi connectivity index (χ1) is 17.0. The molecule has 0 radical (unpaired) electrons. The van der Waals surface area contributed by atoms with E-state index in [1.54, 1.807) is 18.7 Å². The van der Waals surface area contributed by atoms with Crippen LogP contribution in [0.15, 0.2) is 54.6 Å². The van der Waals surface area contributed by atoms with E-state index in [-0.39, 0.29) is 37.0 Å². The van der Waals surface area contributed by atoms with Crippen molar-refractivity contribution in [2.75, 3.05) is 13.2 Å². The number of carbonyl (C=O) groups excluding carboxylic acids is 3. The minimum Gasteiger partial charge on any atom is -0.465 e. The van der Waals surface area contributed by atoms with Gasteiger partial charge in [-0.25, -0.2) is 4.79 Å². The number of fused-ring (bicyclic) bond motifs is 1. The van der Waals surface area contributed by atoms with Gasteiger partial charge in [-0.2, -0.15) is 0 Å². The molecular weight excluding hydrogens is 444 g/mol. The van der Waals surface area contributed by atoms with Crippen LogP contribution in [0.3, 0.4) is 0 Å². The van der Waals surface area contributed by atoms with Crippen LogP contribution in [-0.4, -0.2) is 54.0 Å². The summed E-state index contributed by atoms with van der Waals surface area (Å²) >= 11 is 0. The zero-order chi connectivity index (χ0) is 24.8. The van der Waals surface area contributed by atoms with Gasteiger partial charge in [0.05, 0.1) is 12.6 Å². The Balaban J connectivity index is 1.39.